The number of fused-ring (bicyclic) bond motifs is 1. The summed E-state index contributed by atoms with van der Waals surface area (Å²) in [5.74, 6) is -2.16. The minimum Gasteiger partial charge on any atom is -0.366 e. The molecule has 0 saturated heterocycles. The van der Waals surface area contributed by atoms with Crippen LogP contribution in [0.3, 0.4) is 0 Å². The molecule has 1 atom stereocenters. The number of sulfonamides is 1. The van der Waals surface area contributed by atoms with Crippen molar-refractivity contribution in [2.45, 2.75) is 30.1 Å². The van der Waals surface area contributed by atoms with Crippen LogP contribution in [0.4, 0.5) is 10.1 Å². The summed E-state index contributed by atoms with van der Waals surface area (Å²) in [5.41, 5.74) is 7.02. The van der Waals surface area contributed by atoms with Gasteiger partial charge in [0.2, 0.25) is 11.8 Å². The van der Waals surface area contributed by atoms with Crippen molar-refractivity contribution >= 4 is 38.9 Å². The molecule has 1 aliphatic heterocycles. The number of carbonyl (C=O) groups excluding carboxylic acids is 2. The number of anilines is 1. The maximum Gasteiger partial charge on any atom is 0.253 e. The van der Waals surface area contributed by atoms with Crippen LogP contribution >= 0.6 is 11.3 Å². The molecule has 3 N–H and O–H groups in total. The van der Waals surface area contributed by atoms with Crippen LogP contribution < -0.4 is 11.1 Å². The summed E-state index contributed by atoms with van der Waals surface area (Å²) in [6.45, 7) is 1.48. The third-order valence-electron chi connectivity index (χ3n) is 5.45. The summed E-state index contributed by atoms with van der Waals surface area (Å²) >= 11 is 1.07. The molecular weight excluding hydrogens is 453 g/mol. The maximum atomic E-state index is 14.3. The lowest BCUT2D eigenvalue weighted by atomic mass is 9.95. The Kier molecular flexibility index (Phi) is 5.85. The molecule has 0 saturated carbocycles. The second kappa shape index (κ2) is 8.45. The first-order valence-corrected chi connectivity index (χ1v) is 12.0. The largest absolute Gasteiger partial charge is 0.366 e. The van der Waals surface area contributed by atoms with Crippen molar-refractivity contribution in [1.82, 2.24) is 4.31 Å². The molecule has 1 aromatic heterocycles. The monoisotopic (exact) mass is 473 g/mol. The average Bonchev–Trinajstić information content (AvgIpc) is 3.31. The number of carbonyl (C=O) groups is 2. The third-order valence-corrected chi connectivity index (χ3v) is 8.68. The number of hydrogen-bond donors (Lipinski definition) is 2. The quantitative estimate of drug-likeness (QED) is 0.594. The average molecular weight is 474 g/mol. The standard InChI is InChI=1S/C22H20FN3O4S2/c1-13-17(23)9-16(21(24)27)10-18(13)25-22(28)19-11-14-5-2-3-6-15(14)12-26(19)32(29,30)20-7-4-8-31-20/h2-10,19H,11-12H2,1H3,(H2,24,27)(H,25,28)/t19-/m0/s1. The molecule has 10 heteroatoms. The Labute approximate surface area is 188 Å². The van der Waals surface area contributed by atoms with Crippen LogP contribution in [0.2, 0.25) is 0 Å². The Hall–Kier alpha value is -3.08. The van der Waals surface area contributed by atoms with Crippen molar-refractivity contribution in [3.8, 4) is 0 Å². The fourth-order valence-corrected chi connectivity index (χ4v) is 6.35. The molecule has 2 heterocycles. The number of amides is 2. The van der Waals surface area contributed by atoms with Crippen molar-refractivity contribution in [1.29, 1.82) is 0 Å². The highest BCUT2D eigenvalue weighted by Gasteiger charge is 2.40. The number of nitrogens with zero attached hydrogens (tertiary/aromatic N) is 1. The van der Waals surface area contributed by atoms with Gasteiger partial charge in [-0.2, -0.15) is 4.31 Å². The zero-order valence-electron chi connectivity index (χ0n) is 17.0. The molecule has 32 heavy (non-hydrogen) atoms. The molecule has 2 aromatic carbocycles. The third kappa shape index (κ3) is 4.04. The molecule has 0 radical (unpaired) electrons. The smallest absolute Gasteiger partial charge is 0.253 e. The molecule has 0 bridgehead atoms. The number of hydrogen-bond acceptors (Lipinski definition) is 5. The van der Waals surface area contributed by atoms with Gasteiger partial charge in [-0.05, 0) is 48.1 Å². The molecule has 2 amide bonds. The molecule has 0 spiro atoms. The van der Waals surface area contributed by atoms with Gasteiger partial charge in [-0.25, -0.2) is 12.8 Å². The molecule has 7 nitrogen and oxygen atoms in total. The fourth-order valence-electron chi connectivity index (χ4n) is 3.67. The van der Waals surface area contributed by atoms with E-state index in [-0.39, 0.29) is 34.0 Å². The minimum atomic E-state index is -3.94. The first-order valence-electron chi connectivity index (χ1n) is 9.71. The van der Waals surface area contributed by atoms with E-state index in [0.717, 1.165) is 28.5 Å². The van der Waals surface area contributed by atoms with Crippen molar-refractivity contribution in [3.05, 3.63) is 82.0 Å². The molecule has 1 aliphatic rings. The van der Waals surface area contributed by atoms with Gasteiger partial charge in [0, 0.05) is 23.4 Å². The second-order valence-electron chi connectivity index (χ2n) is 7.46. The number of rotatable bonds is 5. The van der Waals surface area contributed by atoms with Crippen molar-refractivity contribution < 1.29 is 22.4 Å². The highest BCUT2D eigenvalue weighted by Crippen LogP contribution is 2.32. The molecule has 0 aliphatic carbocycles. The van der Waals surface area contributed by atoms with Crippen LogP contribution in [0.5, 0.6) is 0 Å². The lowest BCUT2D eigenvalue weighted by molar-refractivity contribution is -0.120. The Balaban J connectivity index is 1.73. The summed E-state index contributed by atoms with van der Waals surface area (Å²) in [4.78, 5) is 24.8. The van der Waals surface area contributed by atoms with Crippen molar-refractivity contribution in [3.63, 3.8) is 0 Å². The van der Waals surface area contributed by atoms with Crippen LogP contribution in [0.15, 0.2) is 58.1 Å². The number of nitrogens with one attached hydrogen (secondary N) is 1. The molecule has 0 fully saturated rings. The maximum absolute atomic E-state index is 14.3. The van der Waals surface area contributed by atoms with Gasteiger partial charge < -0.3 is 11.1 Å². The van der Waals surface area contributed by atoms with E-state index in [1.165, 1.54) is 23.4 Å². The zero-order valence-corrected chi connectivity index (χ0v) is 18.7. The van der Waals surface area contributed by atoms with Gasteiger partial charge in [0.25, 0.3) is 10.0 Å². The van der Waals surface area contributed by atoms with Gasteiger partial charge in [-0.3, -0.25) is 9.59 Å². The molecule has 166 valence electrons. The number of thiophene rings is 1. The van der Waals surface area contributed by atoms with E-state index < -0.39 is 33.7 Å². The van der Waals surface area contributed by atoms with E-state index in [1.807, 2.05) is 24.3 Å². The van der Waals surface area contributed by atoms with E-state index in [1.54, 1.807) is 11.4 Å². The Morgan fingerprint density at radius 3 is 2.53 bits per heavy atom. The minimum absolute atomic E-state index is 0.0309. The first-order chi connectivity index (χ1) is 15.2. The van der Waals surface area contributed by atoms with Gasteiger partial charge in [0.1, 0.15) is 16.1 Å². The Morgan fingerprint density at radius 1 is 1.16 bits per heavy atom. The Morgan fingerprint density at radius 2 is 1.88 bits per heavy atom. The second-order valence-corrected chi connectivity index (χ2v) is 10.5. The number of halogens is 1. The van der Waals surface area contributed by atoms with E-state index in [4.69, 9.17) is 5.73 Å². The van der Waals surface area contributed by atoms with Crippen LogP contribution in [0.1, 0.15) is 27.0 Å². The molecule has 4 rings (SSSR count). The van der Waals surface area contributed by atoms with Crippen LogP contribution in [-0.4, -0.2) is 30.6 Å². The first kappa shape index (κ1) is 22.1. The predicted octanol–water partition coefficient (Wildman–Crippen LogP) is 3.05. The van der Waals surface area contributed by atoms with Gasteiger partial charge in [-0.15, -0.1) is 11.3 Å². The van der Waals surface area contributed by atoms with Crippen molar-refractivity contribution in [2.24, 2.45) is 5.73 Å². The number of benzene rings is 2. The number of primary amides is 1. The van der Waals surface area contributed by atoms with Crippen LogP contribution in [0.25, 0.3) is 0 Å². The summed E-state index contributed by atoms with van der Waals surface area (Å²) in [6.07, 6.45) is 0.156. The number of nitrogens with two attached hydrogens (primary N) is 1. The van der Waals surface area contributed by atoms with Gasteiger partial charge >= 0.3 is 0 Å². The van der Waals surface area contributed by atoms with E-state index in [0.29, 0.717) is 0 Å². The van der Waals surface area contributed by atoms with Crippen LogP contribution in [0, 0.1) is 12.7 Å². The zero-order chi connectivity index (χ0) is 23.0. The van der Waals surface area contributed by atoms with E-state index >= 15 is 0 Å². The van der Waals surface area contributed by atoms with Gasteiger partial charge in [0.05, 0.1) is 0 Å². The highest BCUT2D eigenvalue weighted by atomic mass is 32.2. The molecular formula is C22H20FN3O4S2. The normalized spacial score (nSPS) is 16.4. The summed E-state index contributed by atoms with van der Waals surface area (Å²) in [7, 11) is -3.94. The topological polar surface area (TPSA) is 110 Å². The van der Waals surface area contributed by atoms with Gasteiger partial charge in [0.15, 0.2) is 0 Å². The SMILES string of the molecule is Cc1c(F)cc(C(N)=O)cc1NC(=O)[C@@H]1Cc2ccccc2CN1S(=O)(=O)c1cccs1. The van der Waals surface area contributed by atoms with Crippen LogP contribution in [-0.2, 0) is 27.8 Å². The molecule has 0 unspecified atom stereocenters. The summed E-state index contributed by atoms with van der Waals surface area (Å²) in [5, 5.41) is 4.26. The van der Waals surface area contributed by atoms with Gasteiger partial charge in [-0.1, -0.05) is 30.3 Å². The lowest BCUT2D eigenvalue weighted by Crippen LogP contribution is -2.50. The highest BCUT2D eigenvalue weighted by molar-refractivity contribution is 7.91. The lowest BCUT2D eigenvalue weighted by Gasteiger charge is -2.34. The summed E-state index contributed by atoms with van der Waals surface area (Å²) < 4.78 is 42.2. The molecule has 3 aromatic rings. The summed E-state index contributed by atoms with van der Waals surface area (Å²) in [6, 6.07) is 11.7. The Bertz CT molecular complexity index is 1310. The van der Waals surface area contributed by atoms with Crippen molar-refractivity contribution in [2.75, 3.05) is 5.32 Å². The van der Waals surface area contributed by atoms with E-state index in [9.17, 15) is 22.4 Å². The van der Waals surface area contributed by atoms with E-state index in [2.05, 4.69) is 5.32 Å². The predicted molar refractivity (Wildman–Crippen MR) is 119 cm³/mol. The fraction of sp³-hybridized carbons (Fsp3) is 0.182.